The van der Waals surface area contributed by atoms with Gasteiger partial charge in [-0.2, -0.15) is 0 Å². The van der Waals surface area contributed by atoms with Crippen molar-refractivity contribution in [3.05, 3.63) is 29.3 Å². The summed E-state index contributed by atoms with van der Waals surface area (Å²) in [6.45, 7) is 0.677. The Morgan fingerprint density at radius 1 is 1.38 bits per heavy atom. The minimum absolute atomic E-state index is 0.0903. The van der Waals surface area contributed by atoms with Gasteiger partial charge in [0.1, 0.15) is 15.6 Å². The van der Waals surface area contributed by atoms with Gasteiger partial charge in [-0.05, 0) is 42.5 Å². The lowest BCUT2D eigenvalue weighted by atomic mass is 9.81. The fraction of sp³-hybridized carbons (Fsp3) is 0.533. The summed E-state index contributed by atoms with van der Waals surface area (Å²) in [5.41, 5.74) is 1.72. The molecule has 1 fully saturated rings. The summed E-state index contributed by atoms with van der Waals surface area (Å²) in [4.78, 5) is 12.2. The molecule has 0 spiro atoms. The van der Waals surface area contributed by atoms with Gasteiger partial charge >= 0.3 is 0 Å². The second kappa shape index (κ2) is 5.33. The number of ether oxygens (including phenoxy) is 1. The van der Waals surface area contributed by atoms with Gasteiger partial charge in [0.15, 0.2) is 0 Å². The van der Waals surface area contributed by atoms with E-state index in [0.29, 0.717) is 12.2 Å². The molecule has 1 saturated carbocycles. The van der Waals surface area contributed by atoms with E-state index in [2.05, 4.69) is 5.32 Å². The maximum atomic E-state index is 12.2. The zero-order valence-corrected chi connectivity index (χ0v) is 12.8. The zero-order chi connectivity index (χ0) is 15.0. The van der Waals surface area contributed by atoms with Gasteiger partial charge in [-0.25, -0.2) is 8.42 Å². The Labute approximate surface area is 124 Å². The van der Waals surface area contributed by atoms with Crippen LogP contribution in [0.5, 0.6) is 5.75 Å². The average molecular weight is 309 g/mol. The number of amides is 1. The van der Waals surface area contributed by atoms with Crippen molar-refractivity contribution in [3.8, 4) is 5.75 Å². The largest absolute Gasteiger partial charge is 0.493 e. The lowest BCUT2D eigenvalue weighted by Crippen LogP contribution is -2.46. The molecule has 0 saturated heterocycles. The van der Waals surface area contributed by atoms with Crippen molar-refractivity contribution in [1.29, 1.82) is 0 Å². The predicted molar refractivity (Wildman–Crippen MR) is 79.3 cm³/mol. The molecule has 0 atom stereocenters. The van der Waals surface area contributed by atoms with Crippen LogP contribution in [0.15, 0.2) is 18.2 Å². The van der Waals surface area contributed by atoms with Crippen molar-refractivity contribution in [3.63, 3.8) is 0 Å². The number of nitrogens with one attached hydrogen (secondary N) is 1. The molecule has 1 aliphatic carbocycles. The first-order valence-corrected chi connectivity index (χ1v) is 9.21. The molecule has 1 aliphatic heterocycles. The summed E-state index contributed by atoms with van der Waals surface area (Å²) in [6, 6.07) is 5.58. The van der Waals surface area contributed by atoms with Crippen molar-refractivity contribution >= 4 is 15.7 Å². The van der Waals surface area contributed by atoms with Crippen LogP contribution >= 0.6 is 0 Å². The number of rotatable bonds is 4. The molecule has 0 unspecified atom stereocenters. The molecule has 6 heteroatoms. The molecule has 1 aromatic rings. The SMILES string of the molecule is CS(=O)(=O)CC1CC(NC(=O)c2ccc3c(c2)CCO3)C1. The Balaban J connectivity index is 1.54. The zero-order valence-electron chi connectivity index (χ0n) is 12.0. The molecule has 1 amide bonds. The van der Waals surface area contributed by atoms with Crippen LogP contribution in [0.25, 0.3) is 0 Å². The number of hydrogen-bond acceptors (Lipinski definition) is 4. The fourth-order valence-electron chi connectivity index (χ4n) is 3.01. The molecule has 5 nitrogen and oxygen atoms in total. The Morgan fingerprint density at radius 3 is 2.86 bits per heavy atom. The normalized spacial score (nSPS) is 23.9. The smallest absolute Gasteiger partial charge is 0.251 e. The van der Waals surface area contributed by atoms with E-state index < -0.39 is 9.84 Å². The minimum Gasteiger partial charge on any atom is -0.493 e. The van der Waals surface area contributed by atoms with Gasteiger partial charge in [-0.15, -0.1) is 0 Å². The van der Waals surface area contributed by atoms with Crippen LogP contribution in [0.3, 0.4) is 0 Å². The summed E-state index contributed by atoms with van der Waals surface area (Å²) >= 11 is 0. The standard InChI is InChI=1S/C15H19NO4S/c1-21(18,19)9-10-6-13(7-10)16-15(17)12-2-3-14-11(8-12)4-5-20-14/h2-3,8,10,13H,4-7,9H2,1H3,(H,16,17). The van der Waals surface area contributed by atoms with E-state index in [1.807, 2.05) is 12.1 Å². The van der Waals surface area contributed by atoms with Crippen molar-refractivity contribution in [2.24, 2.45) is 5.92 Å². The minimum atomic E-state index is -2.92. The topological polar surface area (TPSA) is 72.5 Å². The first kappa shape index (κ1) is 14.4. The third kappa shape index (κ3) is 3.37. The lowest BCUT2D eigenvalue weighted by molar-refractivity contribution is 0.0897. The molecule has 2 aliphatic rings. The van der Waals surface area contributed by atoms with Crippen LogP contribution in [0.2, 0.25) is 0 Å². The maximum absolute atomic E-state index is 12.2. The van der Waals surface area contributed by atoms with E-state index in [-0.39, 0.29) is 23.6 Å². The van der Waals surface area contributed by atoms with E-state index in [1.165, 1.54) is 6.26 Å². The molecule has 0 radical (unpaired) electrons. The van der Waals surface area contributed by atoms with Gasteiger partial charge in [0, 0.05) is 24.3 Å². The quantitative estimate of drug-likeness (QED) is 0.906. The maximum Gasteiger partial charge on any atom is 0.251 e. The fourth-order valence-corrected chi connectivity index (χ4v) is 4.14. The summed E-state index contributed by atoms with van der Waals surface area (Å²) < 4.78 is 27.8. The van der Waals surface area contributed by atoms with Crippen LogP contribution in [-0.4, -0.2) is 39.0 Å². The number of sulfone groups is 1. The Hall–Kier alpha value is -1.56. The number of fused-ring (bicyclic) bond motifs is 1. The van der Waals surface area contributed by atoms with Crippen molar-refractivity contribution in [1.82, 2.24) is 5.32 Å². The van der Waals surface area contributed by atoms with Gasteiger partial charge < -0.3 is 10.1 Å². The monoisotopic (exact) mass is 309 g/mol. The third-order valence-electron chi connectivity index (χ3n) is 4.06. The van der Waals surface area contributed by atoms with Gasteiger partial charge in [0.05, 0.1) is 12.4 Å². The average Bonchev–Trinajstić information content (AvgIpc) is 2.81. The van der Waals surface area contributed by atoms with Crippen molar-refractivity contribution in [2.75, 3.05) is 18.6 Å². The molecular formula is C15H19NO4S. The van der Waals surface area contributed by atoms with Crippen LogP contribution < -0.4 is 10.1 Å². The molecule has 1 heterocycles. The lowest BCUT2D eigenvalue weighted by Gasteiger charge is -2.35. The van der Waals surface area contributed by atoms with Gasteiger partial charge in [0.2, 0.25) is 0 Å². The van der Waals surface area contributed by atoms with Gasteiger partial charge in [0.25, 0.3) is 5.91 Å². The van der Waals surface area contributed by atoms with Gasteiger partial charge in [-0.1, -0.05) is 0 Å². The summed E-state index contributed by atoms with van der Waals surface area (Å²) in [5.74, 6) is 1.17. The molecule has 114 valence electrons. The molecule has 21 heavy (non-hydrogen) atoms. The van der Waals surface area contributed by atoms with Gasteiger partial charge in [-0.3, -0.25) is 4.79 Å². The molecule has 3 rings (SSSR count). The first-order valence-electron chi connectivity index (χ1n) is 7.15. The predicted octanol–water partition coefficient (Wildman–Crippen LogP) is 1.17. The molecule has 0 aromatic heterocycles. The number of carbonyl (C=O) groups is 1. The summed E-state index contributed by atoms with van der Waals surface area (Å²) in [6.07, 6.45) is 3.58. The van der Waals surface area contributed by atoms with Crippen molar-refractivity contribution < 1.29 is 17.9 Å². The Bertz CT molecular complexity index is 662. The summed E-state index contributed by atoms with van der Waals surface area (Å²) in [7, 11) is -2.92. The highest BCUT2D eigenvalue weighted by Gasteiger charge is 2.32. The van der Waals surface area contributed by atoms with Crippen molar-refractivity contribution in [2.45, 2.75) is 25.3 Å². The molecular weight excluding hydrogens is 290 g/mol. The number of hydrogen-bond donors (Lipinski definition) is 1. The Kier molecular flexibility index (Phi) is 3.65. The highest BCUT2D eigenvalue weighted by molar-refractivity contribution is 7.90. The Morgan fingerprint density at radius 2 is 2.14 bits per heavy atom. The van der Waals surface area contributed by atoms with Crippen LogP contribution in [0.4, 0.5) is 0 Å². The third-order valence-corrected chi connectivity index (χ3v) is 5.14. The first-order chi connectivity index (χ1) is 9.90. The van der Waals surface area contributed by atoms with Crippen LogP contribution in [0, 0.1) is 5.92 Å². The number of benzene rings is 1. The second-order valence-corrected chi connectivity index (χ2v) is 8.21. The highest BCUT2D eigenvalue weighted by atomic mass is 32.2. The van der Waals surface area contributed by atoms with E-state index in [4.69, 9.17) is 4.74 Å². The molecule has 1 aromatic carbocycles. The molecule has 1 N–H and O–H groups in total. The van der Waals surface area contributed by atoms with E-state index in [0.717, 1.165) is 30.6 Å². The van der Waals surface area contributed by atoms with Crippen LogP contribution in [0.1, 0.15) is 28.8 Å². The number of carbonyl (C=O) groups excluding carboxylic acids is 1. The van der Waals surface area contributed by atoms with E-state index >= 15 is 0 Å². The molecule has 0 bridgehead atoms. The van der Waals surface area contributed by atoms with E-state index in [1.54, 1.807) is 6.07 Å². The van der Waals surface area contributed by atoms with Crippen LogP contribution in [-0.2, 0) is 16.3 Å². The van der Waals surface area contributed by atoms with E-state index in [9.17, 15) is 13.2 Å². The highest BCUT2D eigenvalue weighted by Crippen LogP contribution is 2.29. The second-order valence-electron chi connectivity index (χ2n) is 6.02. The summed E-state index contributed by atoms with van der Waals surface area (Å²) in [5, 5.41) is 2.97.